The molecule has 180 valence electrons. The zero-order valence-electron chi connectivity index (χ0n) is 19.5. The summed E-state index contributed by atoms with van der Waals surface area (Å²) in [4.78, 5) is 14.2. The van der Waals surface area contributed by atoms with Crippen LogP contribution in [-0.4, -0.2) is 11.9 Å². The minimum absolute atomic E-state index is 0.0510. The summed E-state index contributed by atoms with van der Waals surface area (Å²) in [5.74, 6) is -0.191. The highest BCUT2D eigenvalue weighted by Gasteiger charge is 2.50. The quantitative estimate of drug-likeness (QED) is 0.426. The van der Waals surface area contributed by atoms with Crippen LogP contribution in [0.25, 0.3) is 0 Å². The molecular formula is C27H27Br2N5O. The van der Waals surface area contributed by atoms with Crippen molar-refractivity contribution < 1.29 is 4.79 Å². The van der Waals surface area contributed by atoms with Gasteiger partial charge in [-0.05, 0) is 55.2 Å². The molecule has 4 rings (SSSR count). The third-order valence-electron chi connectivity index (χ3n) is 6.98. The molecule has 2 aromatic rings. The van der Waals surface area contributed by atoms with Crippen molar-refractivity contribution in [2.24, 2.45) is 0 Å². The highest BCUT2D eigenvalue weighted by Crippen LogP contribution is 2.41. The van der Waals surface area contributed by atoms with Crippen LogP contribution in [0.1, 0.15) is 56.6 Å². The van der Waals surface area contributed by atoms with Crippen molar-refractivity contribution in [3.05, 3.63) is 80.0 Å². The van der Waals surface area contributed by atoms with Gasteiger partial charge in [-0.25, -0.2) is 0 Å². The number of hydrogen-bond acceptors (Lipinski definition) is 5. The SMILES string of the molecule is CC1(c2ccc(Br)cc2)CC(C(=O)NC2CCCCC2)(c2ccc(Br)cc2)NC(C#N)=C(C#N)N1. The van der Waals surface area contributed by atoms with E-state index in [4.69, 9.17) is 0 Å². The third-order valence-corrected chi connectivity index (χ3v) is 8.04. The van der Waals surface area contributed by atoms with Crippen LogP contribution in [0.3, 0.4) is 0 Å². The van der Waals surface area contributed by atoms with Crippen LogP contribution in [0.15, 0.2) is 68.9 Å². The van der Waals surface area contributed by atoms with Gasteiger partial charge in [-0.1, -0.05) is 75.4 Å². The number of allylic oxidation sites excluding steroid dienone is 2. The fourth-order valence-electron chi connectivity index (χ4n) is 5.12. The minimum atomic E-state index is -1.28. The molecule has 0 aromatic heterocycles. The molecule has 6 nitrogen and oxygen atoms in total. The number of halogens is 2. The number of nitriles is 2. The summed E-state index contributed by atoms with van der Waals surface area (Å²) in [6, 6.07) is 19.7. The topological polar surface area (TPSA) is 101 Å². The number of nitrogens with one attached hydrogen (secondary N) is 3. The molecule has 2 atom stereocenters. The number of carbonyl (C=O) groups excluding carboxylic acids is 1. The summed E-state index contributed by atoms with van der Waals surface area (Å²) in [6.07, 6.45) is 5.51. The molecular weight excluding hydrogens is 570 g/mol. The zero-order valence-corrected chi connectivity index (χ0v) is 22.7. The molecule has 1 fully saturated rings. The Morgan fingerprint density at radius 2 is 1.40 bits per heavy atom. The van der Waals surface area contributed by atoms with E-state index in [9.17, 15) is 15.3 Å². The first kappa shape index (κ1) is 25.3. The molecule has 0 radical (unpaired) electrons. The van der Waals surface area contributed by atoms with E-state index in [1.54, 1.807) is 0 Å². The van der Waals surface area contributed by atoms with Crippen molar-refractivity contribution in [2.75, 3.05) is 0 Å². The van der Waals surface area contributed by atoms with Crippen LogP contribution in [-0.2, 0) is 15.9 Å². The van der Waals surface area contributed by atoms with Gasteiger partial charge in [-0.2, -0.15) is 10.5 Å². The summed E-state index contributed by atoms with van der Waals surface area (Å²) in [5, 5.41) is 29.8. The van der Waals surface area contributed by atoms with Crippen LogP contribution in [0.5, 0.6) is 0 Å². The molecule has 2 unspecified atom stereocenters. The standard InChI is InChI=1S/C27H27Br2N5O/c1-26(18-7-11-20(28)12-8-18)17-27(19-9-13-21(29)14-10-19,34-24(16-31)23(15-30)33-26)25(35)32-22-5-3-2-4-6-22/h7-14,22,33-34H,2-6,17H2,1H3,(H,32,35). The Bertz CT molecular complexity index is 1210. The van der Waals surface area contributed by atoms with E-state index in [0.717, 1.165) is 45.8 Å². The summed E-state index contributed by atoms with van der Waals surface area (Å²) >= 11 is 6.98. The first-order chi connectivity index (χ1) is 16.8. The van der Waals surface area contributed by atoms with E-state index in [1.165, 1.54) is 6.42 Å². The van der Waals surface area contributed by atoms with Crippen molar-refractivity contribution >= 4 is 37.8 Å². The molecule has 3 N–H and O–H groups in total. The first-order valence-corrected chi connectivity index (χ1v) is 13.3. The minimum Gasteiger partial charge on any atom is -0.365 e. The maximum Gasteiger partial charge on any atom is 0.250 e. The van der Waals surface area contributed by atoms with Gasteiger partial charge in [0.05, 0.1) is 5.54 Å². The average molecular weight is 597 g/mol. The smallest absolute Gasteiger partial charge is 0.250 e. The molecule has 8 heteroatoms. The lowest BCUT2D eigenvalue weighted by Crippen LogP contribution is -2.58. The van der Waals surface area contributed by atoms with E-state index in [0.29, 0.717) is 0 Å². The molecule has 0 saturated heterocycles. The number of carbonyl (C=O) groups is 1. The zero-order chi connectivity index (χ0) is 25.1. The highest BCUT2D eigenvalue weighted by atomic mass is 79.9. The summed E-state index contributed by atoms with van der Waals surface area (Å²) in [6.45, 7) is 1.97. The van der Waals surface area contributed by atoms with Gasteiger partial charge in [0.1, 0.15) is 29.1 Å². The monoisotopic (exact) mass is 595 g/mol. The van der Waals surface area contributed by atoms with Gasteiger partial charge in [0.2, 0.25) is 0 Å². The second kappa shape index (κ2) is 10.4. The van der Waals surface area contributed by atoms with E-state index in [1.807, 2.05) is 55.5 Å². The number of benzene rings is 2. The van der Waals surface area contributed by atoms with E-state index >= 15 is 0 Å². The maximum absolute atomic E-state index is 14.2. The summed E-state index contributed by atoms with van der Waals surface area (Å²) in [5.41, 5.74) is -0.310. The predicted octanol–water partition coefficient (Wildman–Crippen LogP) is 5.61. The molecule has 1 saturated carbocycles. The number of amides is 1. The molecule has 2 aliphatic rings. The van der Waals surface area contributed by atoms with Gasteiger partial charge in [0.15, 0.2) is 0 Å². The fourth-order valence-corrected chi connectivity index (χ4v) is 5.65. The van der Waals surface area contributed by atoms with Gasteiger partial charge in [-0.15, -0.1) is 0 Å². The van der Waals surface area contributed by atoms with E-state index < -0.39 is 11.1 Å². The van der Waals surface area contributed by atoms with E-state index in [2.05, 4.69) is 59.9 Å². The first-order valence-electron chi connectivity index (χ1n) is 11.7. The lowest BCUT2D eigenvalue weighted by atomic mass is 9.74. The van der Waals surface area contributed by atoms with Gasteiger partial charge in [0.25, 0.3) is 5.91 Å². The molecule has 1 aliphatic heterocycles. The third kappa shape index (κ3) is 5.24. The van der Waals surface area contributed by atoms with Crippen LogP contribution < -0.4 is 16.0 Å². The molecule has 0 spiro atoms. The summed E-state index contributed by atoms with van der Waals surface area (Å²) in [7, 11) is 0. The number of rotatable bonds is 4. The van der Waals surface area contributed by atoms with Crippen molar-refractivity contribution in [1.29, 1.82) is 10.5 Å². The molecule has 35 heavy (non-hydrogen) atoms. The van der Waals surface area contributed by atoms with Crippen LogP contribution in [0.4, 0.5) is 0 Å². The Labute approximate surface area is 223 Å². The summed E-state index contributed by atoms with van der Waals surface area (Å²) < 4.78 is 1.82. The Hall–Kier alpha value is -2.81. The lowest BCUT2D eigenvalue weighted by Gasteiger charge is -2.41. The Balaban J connectivity index is 1.89. The molecule has 0 bridgehead atoms. The highest BCUT2D eigenvalue weighted by molar-refractivity contribution is 9.10. The Morgan fingerprint density at radius 3 is 1.94 bits per heavy atom. The number of hydrogen-bond donors (Lipinski definition) is 3. The Morgan fingerprint density at radius 1 is 0.886 bits per heavy atom. The van der Waals surface area contributed by atoms with Gasteiger partial charge in [0, 0.05) is 21.4 Å². The Kier molecular flexibility index (Phi) is 7.54. The average Bonchev–Trinajstić information content (AvgIpc) is 3.00. The molecule has 1 aliphatic carbocycles. The second-order valence-electron chi connectivity index (χ2n) is 9.46. The van der Waals surface area contributed by atoms with Gasteiger partial charge < -0.3 is 16.0 Å². The normalized spacial score (nSPS) is 24.8. The second-order valence-corrected chi connectivity index (χ2v) is 11.3. The van der Waals surface area contributed by atoms with Crippen molar-refractivity contribution in [3.8, 4) is 12.1 Å². The van der Waals surface area contributed by atoms with Crippen LogP contribution in [0, 0.1) is 22.7 Å². The molecule has 1 heterocycles. The van der Waals surface area contributed by atoms with Crippen molar-refractivity contribution in [3.63, 3.8) is 0 Å². The van der Waals surface area contributed by atoms with Crippen molar-refractivity contribution in [2.45, 2.75) is 62.6 Å². The maximum atomic E-state index is 14.2. The molecule has 1 amide bonds. The largest absolute Gasteiger partial charge is 0.365 e. The predicted molar refractivity (Wildman–Crippen MR) is 141 cm³/mol. The van der Waals surface area contributed by atoms with Crippen LogP contribution >= 0.6 is 31.9 Å². The lowest BCUT2D eigenvalue weighted by molar-refractivity contribution is -0.129. The van der Waals surface area contributed by atoms with Gasteiger partial charge in [-0.3, -0.25) is 4.79 Å². The van der Waals surface area contributed by atoms with Crippen LogP contribution in [0.2, 0.25) is 0 Å². The number of nitrogens with zero attached hydrogens (tertiary/aromatic N) is 2. The fraction of sp³-hybridized carbons (Fsp3) is 0.370. The van der Waals surface area contributed by atoms with Gasteiger partial charge >= 0.3 is 0 Å². The van der Waals surface area contributed by atoms with E-state index in [-0.39, 0.29) is 29.8 Å². The van der Waals surface area contributed by atoms with Crippen molar-refractivity contribution in [1.82, 2.24) is 16.0 Å². The molecule has 2 aromatic carbocycles.